The van der Waals surface area contributed by atoms with Crippen molar-refractivity contribution in [1.29, 1.82) is 0 Å². The third kappa shape index (κ3) is 3.93. The van der Waals surface area contributed by atoms with Crippen LogP contribution in [-0.4, -0.2) is 25.0 Å². The van der Waals surface area contributed by atoms with Crippen molar-refractivity contribution in [3.63, 3.8) is 0 Å². The van der Waals surface area contributed by atoms with Gasteiger partial charge in [-0.15, -0.1) is 0 Å². The number of carbonyl (C=O) groups is 2. The molecule has 0 radical (unpaired) electrons. The first kappa shape index (κ1) is 17.7. The zero-order valence-corrected chi connectivity index (χ0v) is 13.5. The first-order chi connectivity index (χ1) is 12.3. The van der Waals surface area contributed by atoms with Crippen molar-refractivity contribution in [1.82, 2.24) is 0 Å². The van der Waals surface area contributed by atoms with Crippen molar-refractivity contribution < 1.29 is 27.5 Å². The van der Waals surface area contributed by atoms with Crippen LogP contribution >= 0.6 is 0 Å². The summed E-state index contributed by atoms with van der Waals surface area (Å²) in [6, 6.07) is 11.1. The molecule has 7 heteroatoms. The number of allylic oxidation sites excluding steroid dienone is 1. The molecule has 1 aliphatic rings. The molecule has 2 aromatic carbocycles. The molecule has 26 heavy (non-hydrogen) atoms. The zero-order chi connectivity index (χ0) is 18.7. The summed E-state index contributed by atoms with van der Waals surface area (Å²) in [6.07, 6.45) is -2.38. The summed E-state index contributed by atoms with van der Waals surface area (Å²) in [5, 5.41) is 0. The van der Waals surface area contributed by atoms with Crippen molar-refractivity contribution in [3.8, 4) is 0 Å². The lowest BCUT2D eigenvalue weighted by molar-refractivity contribution is -0.137. The number of anilines is 1. The van der Waals surface area contributed by atoms with E-state index < -0.39 is 17.8 Å². The molecule has 2 aromatic rings. The second-order valence-electron chi connectivity index (χ2n) is 5.64. The fourth-order valence-corrected chi connectivity index (χ4v) is 2.54. The Morgan fingerprint density at radius 1 is 1.12 bits per heavy atom. The minimum absolute atomic E-state index is 0.271. The standard InChI is InChI=1S/C19H14F3NO3/c20-19(21,22)15-5-1-3-13(11-15)7-8-17(24)14-4-2-6-16(12-14)23-9-10-26-18(23)25/h1-8,11-12H,9-10H2. The number of nitrogens with zero attached hydrogens (tertiary/aromatic N) is 1. The Hall–Kier alpha value is -3.09. The van der Waals surface area contributed by atoms with E-state index in [9.17, 15) is 22.8 Å². The Labute approximate surface area is 147 Å². The van der Waals surface area contributed by atoms with E-state index in [1.807, 2.05) is 0 Å². The van der Waals surface area contributed by atoms with Gasteiger partial charge >= 0.3 is 12.3 Å². The maximum absolute atomic E-state index is 12.7. The normalized spacial score (nSPS) is 14.7. The SMILES string of the molecule is O=C(C=Cc1cccc(C(F)(F)F)c1)c1cccc(N2CCOC2=O)c1. The molecule has 0 bridgehead atoms. The minimum atomic E-state index is -4.44. The highest BCUT2D eigenvalue weighted by Gasteiger charge is 2.30. The predicted octanol–water partition coefficient (Wildman–Crippen LogP) is 4.56. The average molecular weight is 361 g/mol. The van der Waals surface area contributed by atoms with Crippen LogP contribution in [0.2, 0.25) is 0 Å². The monoisotopic (exact) mass is 361 g/mol. The van der Waals surface area contributed by atoms with Crippen LogP contribution in [0, 0.1) is 0 Å². The Morgan fingerprint density at radius 3 is 2.58 bits per heavy atom. The third-order valence-electron chi connectivity index (χ3n) is 3.84. The number of benzene rings is 2. The van der Waals surface area contributed by atoms with Crippen molar-refractivity contribution in [2.45, 2.75) is 6.18 Å². The van der Waals surface area contributed by atoms with Crippen LogP contribution in [0.1, 0.15) is 21.5 Å². The summed E-state index contributed by atoms with van der Waals surface area (Å²) in [4.78, 5) is 25.3. The lowest BCUT2D eigenvalue weighted by Crippen LogP contribution is -2.23. The molecule has 1 amide bonds. The summed E-state index contributed by atoms with van der Waals surface area (Å²) in [5.41, 5.74) is 0.352. The van der Waals surface area contributed by atoms with Gasteiger partial charge in [-0.3, -0.25) is 9.69 Å². The number of alkyl halides is 3. The number of hydrogen-bond donors (Lipinski definition) is 0. The molecule has 0 N–H and O–H groups in total. The van der Waals surface area contributed by atoms with E-state index in [2.05, 4.69) is 0 Å². The number of carbonyl (C=O) groups excluding carboxylic acids is 2. The quantitative estimate of drug-likeness (QED) is 0.593. The van der Waals surface area contributed by atoms with E-state index in [1.54, 1.807) is 24.3 Å². The van der Waals surface area contributed by atoms with Crippen LogP contribution in [-0.2, 0) is 10.9 Å². The number of hydrogen-bond acceptors (Lipinski definition) is 3. The van der Waals surface area contributed by atoms with Gasteiger partial charge in [0.2, 0.25) is 0 Å². The van der Waals surface area contributed by atoms with E-state index >= 15 is 0 Å². The van der Waals surface area contributed by atoms with Crippen LogP contribution < -0.4 is 4.90 Å². The van der Waals surface area contributed by atoms with Crippen molar-refractivity contribution in [3.05, 3.63) is 71.3 Å². The molecule has 0 aromatic heterocycles. The Morgan fingerprint density at radius 2 is 1.88 bits per heavy atom. The Balaban J connectivity index is 1.78. The second-order valence-corrected chi connectivity index (χ2v) is 5.64. The summed E-state index contributed by atoms with van der Waals surface area (Å²) in [7, 11) is 0. The first-order valence-corrected chi connectivity index (χ1v) is 7.78. The highest BCUT2D eigenvalue weighted by molar-refractivity contribution is 6.07. The highest BCUT2D eigenvalue weighted by atomic mass is 19.4. The zero-order valence-electron chi connectivity index (χ0n) is 13.5. The Bertz CT molecular complexity index is 874. The van der Waals surface area contributed by atoms with Crippen LogP contribution in [0.5, 0.6) is 0 Å². The van der Waals surface area contributed by atoms with Crippen LogP contribution in [0.15, 0.2) is 54.6 Å². The molecule has 0 spiro atoms. The number of rotatable bonds is 4. The lowest BCUT2D eigenvalue weighted by atomic mass is 10.1. The van der Waals surface area contributed by atoms with Gasteiger partial charge in [0.25, 0.3) is 0 Å². The van der Waals surface area contributed by atoms with E-state index in [-0.39, 0.29) is 18.0 Å². The number of amides is 1. The first-order valence-electron chi connectivity index (χ1n) is 7.78. The molecular formula is C19H14F3NO3. The molecule has 1 aliphatic heterocycles. The summed E-state index contributed by atoms with van der Waals surface area (Å²) in [5.74, 6) is -0.378. The molecule has 1 saturated heterocycles. The van der Waals surface area contributed by atoms with Crippen molar-refractivity contribution >= 4 is 23.6 Å². The van der Waals surface area contributed by atoms with Crippen molar-refractivity contribution in [2.75, 3.05) is 18.1 Å². The van der Waals surface area contributed by atoms with E-state index in [0.29, 0.717) is 17.8 Å². The van der Waals surface area contributed by atoms with Gasteiger partial charge in [-0.05, 0) is 35.9 Å². The second kappa shape index (κ2) is 7.03. The minimum Gasteiger partial charge on any atom is -0.447 e. The maximum Gasteiger partial charge on any atom is 0.416 e. The molecule has 3 rings (SSSR count). The molecule has 4 nitrogen and oxygen atoms in total. The van der Waals surface area contributed by atoms with Gasteiger partial charge in [0, 0.05) is 11.3 Å². The largest absolute Gasteiger partial charge is 0.447 e. The van der Waals surface area contributed by atoms with Gasteiger partial charge in [-0.25, -0.2) is 4.79 Å². The van der Waals surface area contributed by atoms with E-state index in [4.69, 9.17) is 4.74 Å². The average Bonchev–Trinajstić information content (AvgIpc) is 3.05. The number of ketones is 1. The number of ether oxygens (including phenoxy) is 1. The fraction of sp³-hybridized carbons (Fsp3) is 0.158. The van der Waals surface area contributed by atoms with E-state index in [1.165, 1.54) is 29.2 Å². The third-order valence-corrected chi connectivity index (χ3v) is 3.84. The van der Waals surface area contributed by atoms with Gasteiger partial charge in [0.15, 0.2) is 5.78 Å². The van der Waals surface area contributed by atoms with Crippen LogP contribution in [0.25, 0.3) is 6.08 Å². The van der Waals surface area contributed by atoms with Gasteiger partial charge in [-0.2, -0.15) is 13.2 Å². The van der Waals surface area contributed by atoms with E-state index in [0.717, 1.165) is 12.1 Å². The fourth-order valence-electron chi connectivity index (χ4n) is 2.54. The van der Waals surface area contributed by atoms with Gasteiger partial charge < -0.3 is 4.74 Å². The van der Waals surface area contributed by atoms with Crippen LogP contribution in [0.3, 0.4) is 0 Å². The Kier molecular flexibility index (Phi) is 4.79. The lowest BCUT2D eigenvalue weighted by Gasteiger charge is -2.13. The van der Waals surface area contributed by atoms with Gasteiger partial charge in [-0.1, -0.05) is 30.3 Å². The molecule has 1 heterocycles. The van der Waals surface area contributed by atoms with Gasteiger partial charge in [0.1, 0.15) is 6.61 Å². The number of halogens is 3. The molecule has 0 unspecified atom stereocenters. The molecule has 0 atom stereocenters. The van der Waals surface area contributed by atoms with Crippen molar-refractivity contribution in [2.24, 2.45) is 0 Å². The molecule has 0 aliphatic carbocycles. The predicted molar refractivity (Wildman–Crippen MR) is 89.9 cm³/mol. The molecule has 134 valence electrons. The summed E-state index contributed by atoms with van der Waals surface area (Å²) in [6.45, 7) is 0.684. The molecule has 1 fully saturated rings. The molecule has 0 saturated carbocycles. The maximum atomic E-state index is 12.7. The summed E-state index contributed by atoms with van der Waals surface area (Å²) < 4.78 is 43.0. The van der Waals surface area contributed by atoms with Crippen LogP contribution in [0.4, 0.5) is 23.7 Å². The molecular weight excluding hydrogens is 347 g/mol. The highest BCUT2D eigenvalue weighted by Crippen LogP contribution is 2.29. The van der Waals surface area contributed by atoms with Gasteiger partial charge in [0.05, 0.1) is 12.1 Å². The topological polar surface area (TPSA) is 46.6 Å². The number of cyclic esters (lactones) is 1. The summed E-state index contributed by atoms with van der Waals surface area (Å²) >= 11 is 0. The smallest absolute Gasteiger partial charge is 0.416 e.